The van der Waals surface area contributed by atoms with Crippen molar-refractivity contribution in [1.82, 2.24) is 4.90 Å². The van der Waals surface area contributed by atoms with Crippen LogP contribution >= 0.6 is 12.4 Å². The van der Waals surface area contributed by atoms with E-state index in [1.165, 1.54) is 4.90 Å². The van der Waals surface area contributed by atoms with Crippen molar-refractivity contribution in [2.75, 3.05) is 13.1 Å². The molecule has 1 heterocycles. The molecule has 1 aliphatic heterocycles. The molecule has 1 saturated heterocycles. The summed E-state index contributed by atoms with van der Waals surface area (Å²) in [4.78, 5) is 11.8. The fourth-order valence-electron chi connectivity index (χ4n) is 1.27. The quantitative estimate of drug-likeness (QED) is 0.605. The Balaban J connectivity index is 0.00000121. The van der Waals surface area contributed by atoms with E-state index in [1.807, 2.05) is 0 Å². The zero-order valence-electron chi connectivity index (χ0n) is 6.77. The van der Waals surface area contributed by atoms with Crippen LogP contribution in [-0.4, -0.2) is 40.4 Å². The van der Waals surface area contributed by atoms with Crippen LogP contribution in [0.5, 0.6) is 0 Å². The van der Waals surface area contributed by atoms with E-state index in [9.17, 15) is 4.79 Å². The van der Waals surface area contributed by atoms with Crippen molar-refractivity contribution in [1.29, 1.82) is 0 Å². The van der Waals surface area contributed by atoms with Crippen LogP contribution in [0.4, 0.5) is 4.79 Å². The minimum atomic E-state index is -0.876. The number of nitrogens with zero attached hydrogens (tertiary/aromatic N) is 1. The summed E-state index contributed by atoms with van der Waals surface area (Å²) >= 11 is 0. The average molecular weight is 196 g/mol. The summed E-state index contributed by atoms with van der Waals surface area (Å²) in [5.74, 6) is 0. The molecule has 1 amide bonds. The van der Waals surface area contributed by atoms with Gasteiger partial charge in [-0.05, 0) is 19.3 Å². The Bertz CT molecular complexity index is 154. The molecule has 0 aromatic heterocycles. The van der Waals surface area contributed by atoms with Gasteiger partial charge in [0.05, 0.1) is 6.10 Å². The fourth-order valence-corrected chi connectivity index (χ4v) is 1.27. The van der Waals surface area contributed by atoms with Crippen molar-refractivity contribution in [3.8, 4) is 0 Å². The van der Waals surface area contributed by atoms with E-state index < -0.39 is 6.09 Å². The molecule has 0 aromatic carbocycles. The van der Waals surface area contributed by atoms with Gasteiger partial charge in [-0.15, -0.1) is 12.4 Å². The van der Waals surface area contributed by atoms with Crippen molar-refractivity contribution in [2.45, 2.75) is 25.4 Å². The molecule has 0 spiro atoms. The Morgan fingerprint density at radius 2 is 2.00 bits per heavy atom. The first-order chi connectivity index (χ1) is 5.20. The van der Waals surface area contributed by atoms with Crippen LogP contribution in [-0.2, 0) is 0 Å². The number of halogens is 1. The van der Waals surface area contributed by atoms with Crippen LogP contribution in [0.3, 0.4) is 0 Å². The molecule has 5 heteroatoms. The van der Waals surface area contributed by atoms with Crippen molar-refractivity contribution in [3.63, 3.8) is 0 Å². The summed E-state index contributed by atoms with van der Waals surface area (Å²) in [5.41, 5.74) is 0. The Morgan fingerprint density at radius 3 is 2.58 bits per heavy atom. The first kappa shape index (κ1) is 11.5. The maximum atomic E-state index is 10.5. The number of hydrogen-bond donors (Lipinski definition) is 2. The Morgan fingerprint density at radius 1 is 1.33 bits per heavy atom. The second-order valence-corrected chi connectivity index (χ2v) is 2.85. The van der Waals surface area contributed by atoms with Gasteiger partial charge in [0.2, 0.25) is 0 Å². The number of aliphatic hydroxyl groups excluding tert-OH is 1. The highest BCUT2D eigenvalue weighted by Gasteiger charge is 2.17. The lowest BCUT2D eigenvalue weighted by molar-refractivity contribution is 0.137. The lowest BCUT2D eigenvalue weighted by Gasteiger charge is -2.15. The summed E-state index contributed by atoms with van der Waals surface area (Å²) < 4.78 is 0. The Labute approximate surface area is 77.6 Å². The standard InChI is InChI=1S/C7H13NO3.ClH/c9-6-2-1-4-8(5-3-6)7(10)11;/h6,9H,1-5H2,(H,10,11);1H/t6-;/m1./s1. The van der Waals surface area contributed by atoms with E-state index in [1.54, 1.807) is 0 Å². The zero-order valence-corrected chi connectivity index (χ0v) is 7.59. The van der Waals surface area contributed by atoms with Crippen molar-refractivity contribution >= 4 is 18.5 Å². The van der Waals surface area contributed by atoms with Crippen molar-refractivity contribution < 1.29 is 15.0 Å². The predicted octanol–water partition coefficient (Wildman–Crippen LogP) is 0.933. The van der Waals surface area contributed by atoms with Gasteiger partial charge in [0.1, 0.15) is 0 Å². The van der Waals surface area contributed by atoms with Gasteiger partial charge in [-0.3, -0.25) is 0 Å². The molecule has 0 aromatic rings. The van der Waals surface area contributed by atoms with Gasteiger partial charge >= 0.3 is 6.09 Å². The lowest BCUT2D eigenvalue weighted by Crippen LogP contribution is -2.30. The molecule has 1 atom stereocenters. The van der Waals surface area contributed by atoms with Crippen LogP contribution in [0, 0.1) is 0 Å². The van der Waals surface area contributed by atoms with E-state index in [2.05, 4.69) is 0 Å². The summed E-state index contributed by atoms with van der Waals surface area (Å²) in [5, 5.41) is 17.8. The van der Waals surface area contributed by atoms with Crippen molar-refractivity contribution in [2.24, 2.45) is 0 Å². The molecule has 1 fully saturated rings. The highest BCUT2D eigenvalue weighted by atomic mass is 35.5. The van der Waals surface area contributed by atoms with E-state index >= 15 is 0 Å². The molecule has 0 saturated carbocycles. The molecule has 2 N–H and O–H groups in total. The van der Waals surface area contributed by atoms with E-state index in [0.29, 0.717) is 19.5 Å². The lowest BCUT2D eigenvalue weighted by atomic mass is 10.2. The molecular formula is C7H14ClNO3. The van der Waals surface area contributed by atoms with Crippen LogP contribution in [0.15, 0.2) is 0 Å². The van der Waals surface area contributed by atoms with Gasteiger partial charge < -0.3 is 15.1 Å². The summed E-state index contributed by atoms with van der Waals surface area (Å²) in [7, 11) is 0. The topological polar surface area (TPSA) is 60.8 Å². The van der Waals surface area contributed by atoms with Gasteiger partial charge in [0.15, 0.2) is 0 Å². The smallest absolute Gasteiger partial charge is 0.407 e. The first-order valence-electron chi connectivity index (χ1n) is 3.86. The number of hydrogen-bond acceptors (Lipinski definition) is 2. The molecule has 0 unspecified atom stereocenters. The average Bonchev–Trinajstić information content (AvgIpc) is 2.13. The van der Waals surface area contributed by atoms with Gasteiger partial charge in [0.25, 0.3) is 0 Å². The second-order valence-electron chi connectivity index (χ2n) is 2.85. The van der Waals surface area contributed by atoms with Gasteiger partial charge in [-0.25, -0.2) is 4.79 Å². The SMILES string of the molecule is Cl.O=C(O)N1CCC[C@@H](O)CC1. The molecule has 12 heavy (non-hydrogen) atoms. The third-order valence-electron chi connectivity index (χ3n) is 1.97. The molecule has 0 radical (unpaired) electrons. The molecule has 4 nitrogen and oxygen atoms in total. The summed E-state index contributed by atoms with van der Waals surface area (Å²) in [6.07, 6.45) is 0.891. The second kappa shape index (κ2) is 5.22. The Kier molecular flexibility index (Phi) is 5.01. The van der Waals surface area contributed by atoms with Gasteiger partial charge in [-0.2, -0.15) is 0 Å². The van der Waals surface area contributed by atoms with E-state index in [-0.39, 0.29) is 18.5 Å². The van der Waals surface area contributed by atoms with Crippen LogP contribution in [0.2, 0.25) is 0 Å². The van der Waals surface area contributed by atoms with Crippen LogP contribution in [0.25, 0.3) is 0 Å². The first-order valence-corrected chi connectivity index (χ1v) is 3.86. The minimum absolute atomic E-state index is 0. The number of carboxylic acid groups (broad SMARTS) is 1. The third-order valence-corrected chi connectivity index (χ3v) is 1.97. The van der Waals surface area contributed by atoms with Gasteiger partial charge in [-0.1, -0.05) is 0 Å². The molecular weight excluding hydrogens is 182 g/mol. The monoisotopic (exact) mass is 195 g/mol. The zero-order chi connectivity index (χ0) is 8.27. The largest absolute Gasteiger partial charge is 0.465 e. The molecule has 1 rings (SSSR count). The minimum Gasteiger partial charge on any atom is -0.465 e. The molecule has 0 aliphatic carbocycles. The van der Waals surface area contributed by atoms with E-state index in [0.717, 1.165) is 12.8 Å². The van der Waals surface area contributed by atoms with Crippen LogP contribution in [0.1, 0.15) is 19.3 Å². The third kappa shape index (κ3) is 3.28. The number of carbonyl (C=O) groups is 1. The number of rotatable bonds is 0. The van der Waals surface area contributed by atoms with Gasteiger partial charge in [0, 0.05) is 13.1 Å². The summed E-state index contributed by atoms with van der Waals surface area (Å²) in [6, 6.07) is 0. The molecule has 1 aliphatic rings. The van der Waals surface area contributed by atoms with Crippen LogP contribution < -0.4 is 0 Å². The maximum absolute atomic E-state index is 10.5. The number of aliphatic hydroxyl groups is 1. The van der Waals surface area contributed by atoms with Crippen molar-refractivity contribution in [3.05, 3.63) is 0 Å². The molecule has 72 valence electrons. The number of amides is 1. The maximum Gasteiger partial charge on any atom is 0.407 e. The van der Waals surface area contributed by atoms with E-state index in [4.69, 9.17) is 10.2 Å². The fraction of sp³-hybridized carbons (Fsp3) is 0.857. The normalized spacial score (nSPS) is 24.1. The summed E-state index contributed by atoms with van der Waals surface area (Å²) in [6.45, 7) is 1.03. The highest BCUT2D eigenvalue weighted by molar-refractivity contribution is 5.85. The predicted molar refractivity (Wildman–Crippen MR) is 46.7 cm³/mol. The number of likely N-dealkylation sites (tertiary alicyclic amines) is 1. The Hall–Kier alpha value is -0.480. The highest BCUT2D eigenvalue weighted by Crippen LogP contribution is 2.10. The molecule has 0 bridgehead atoms.